The molecular formula is C46H31N5. The Kier molecular flexibility index (Phi) is 6.58. The predicted molar refractivity (Wildman–Crippen MR) is 212 cm³/mol. The lowest BCUT2D eigenvalue weighted by Gasteiger charge is -2.18. The monoisotopic (exact) mass is 653 g/mol. The number of para-hydroxylation sites is 1. The van der Waals surface area contributed by atoms with Gasteiger partial charge in [0.2, 0.25) is 0 Å². The second-order valence-corrected chi connectivity index (χ2v) is 12.8. The number of amidine groups is 2. The maximum absolute atomic E-state index is 9.03. The van der Waals surface area contributed by atoms with Crippen molar-refractivity contribution in [3.8, 4) is 39.2 Å². The van der Waals surface area contributed by atoms with E-state index >= 15 is 0 Å². The molecule has 240 valence electrons. The Morgan fingerprint density at radius 3 is 1.63 bits per heavy atom. The van der Waals surface area contributed by atoms with Gasteiger partial charge in [0.15, 0.2) is 11.7 Å². The van der Waals surface area contributed by atoms with Crippen LogP contribution < -0.4 is 5.43 Å². The second kappa shape index (κ2) is 11.6. The van der Waals surface area contributed by atoms with E-state index in [1.54, 1.807) is 0 Å². The summed E-state index contributed by atoms with van der Waals surface area (Å²) in [6.07, 6.45) is 0. The fraction of sp³-hybridized carbons (Fsp3) is 0. The first-order valence-corrected chi connectivity index (χ1v) is 17.2. The van der Waals surface area contributed by atoms with Crippen LogP contribution in [0.2, 0.25) is 0 Å². The quantitative estimate of drug-likeness (QED) is 0.141. The molecule has 2 N–H and O–H groups in total. The third-order valence-electron chi connectivity index (χ3n) is 9.97. The standard InChI is InChI=1S/C46H31N5/c47-45(31-18-7-2-8-19-31)48-46(32-20-9-3-10-21-32)49-51-39-29-14-25-35-34-24-13-27-37-40(34)42-36(43(41(35)39)44(51)30-16-5-1-6-17-30)26-15-28-38(42)50(37)33-22-11-4-12-23-33/h1-29H,(H2,47,48,49). The van der Waals surface area contributed by atoms with E-state index in [0.29, 0.717) is 5.84 Å². The number of aliphatic imine (C=N–C) groups is 1. The van der Waals surface area contributed by atoms with Crippen molar-refractivity contribution < 1.29 is 0 Å². The molecule has 0 amide bonds. The zero-order valence-corrected chi connectivity index (χ0v) is 27.6. The van der Waals surface area contributed by atoms with Crippen LogP contribution >= 0.6 is 0 Å². The highest BCUT2D eigenvalue weighted by molar-refractivity contribution is 6.29. The van der Waals surface area contributed by atoms with Crippen molar-refractivity contribution in [1.29, 1.82) is 5.41 Å². The van der Waals surface area contributed by atoms with Crippen LogP contribution in [0.15, 0.2) is 181 Å². The summed E-state index contributed by atoms with van der Waals surface area (Å²) in [7, 11) is 0. The number of rotatable bonds is 5. The average Bonchev–Trinajstić information content (AvgIpc) is 3.68. The van der Waals surface area contributed by atoms with E-state index in [1.807, 2.05) is 60.7 Å². The number of aromatic nitrogens is 2. The van der Waals surface area contributed by atoms with Crippen molar-refractivity contribution in [2.75, 3.05) is 5.43 Å². The Balaban J connectivity index is 1.31. The van der Waals surface area contributed by atoms with Gasteiger partial charge in [-0.3, -0.25) is 15.5 Å². The zero-order valence-electron chi connectivity index (χ0n) is 27.6. The van der Waals surface area contributed by atoms with E-state index in [9.17, 15) is 0 Å². The molecule has 5 nitrogen and oxygen atoms in total. The Morgan fingerprint density at radius 2 is 0.980 bits per heavy atom. The smallest absolute Gasteiger partial charge is 0.154 e. The zero-order chi connectivity index (χ0) is 33.9. The highest BCUT2D eigenvalue weighted by Gasteiger charge is 2.30. The lowest BCUT2D eigenvalue weighted by Crippen LogP contribution is -2.25. The first-order chi connectivity index (χ1) is 25.3. The molecule has 5 heteroatoms. The van der Waals surface area contributed by atoms with Gasteiger partial charge >= 0.3 is 0 Å². The van der Waals surface area contributed by atoms with E-state index in [4.69, 9.17) is 10.4 Å². The molecule has 0 spiro atoms. The van der Waals surface area contributed by atoms with Gasteiger partial charge < -0.3 is 4.57 Å². The van der Waals surface area contributed by atoms with Crippen LogP contribution in [0.25, 0.3) is 71.9 Å². The van der Waals surface area contributed by atoms with E-state index in [1.165, 1.54) is 49.4 Å². The number of nitrogens with zero attached hydrogens (tertiary/aromatic N) is 3. The molecule has 0 fully saturated rings. The normalized spacial score (nSPS) is 12.1. The minimum absolute atomic E-state index is 0.185. The van der Waals surface area contributed by atoms with Crippen LogP contribution in [0.1, 0.15) is 11.1 Å². The Hall–Kier alpha value is -6.98. The van der Waals surface area contributed by atoms with Gasteiger partial charge in [0.05, 0.1) is 22.2 Å². The molecule has 0 radical (unpaired) electrons. The summed E-state index contributed by atoms with van der Waals surface area (Å²) in [4.78, 5) is 4.95. The Labute approximate surface area is 294 Å². The van der Waals surface area contributed by atoms with Crippen LogP contribution in [-0.2, 0) is 0 Å². The van der Waals surface area contributed by atoms with Crippen LogP contribution in [0.4, 0.5) is 0 Å². The molecule has 2 aromatic heterocycles. The molecule has 9 aromatic rings. The van der Waals surface area contributed by atoms with Gasteiger partial charge in [-0.25, -0.2) is 4.99 Å². The molecule has 1 aliphatic carbocycles. The molecule has 0 unspecified atom stereocenters. The number of hydrogen-bond donors (Lipinski definition) is 2. The molecule has 0 aliphatic heterocycles. The fourth-order valence-electron chi connectivity index (χ4n) is 7.84. The third kappa shape index (κ3) is 4.49. The number of nitrogens with one attached hydrogen (secondary N) is 2. The van der Waals surface area contributed by atoms with Gasteiger partial charge in [-0.05, 0) is 47.0 Å². The van der Waals surface area contributed by atoms with Gasteiger partial charge in [-0.2, -0.15) is 0 Å². The fourth-order valence-corrected chi connectivity index (χ4v) is 7.84. The summed E-state index contributed by atoms with van der Waals surface area (Å²) < 4.78 is 4.58. The topological polar surface area (TPSA) is 58.1 Å². The molecule has 0 bridgehead atoms. The van der Waals surface area contributed by atoms with E-state index in [-0.39, 0.29) is 5.84 Å². The van der Waals surface area contributed by atoms with Gasteiger partial charge in [-0.15, -0.1) is 0 Å². The summed E-state index contributed by atoms with van der Waals surface area (Å²) in [6.45, 7) is 0. The van der Waals surface area contributed by atoms with Gasteiger partial charge in [0.1, 0.15) is 0 Å². The predicted octanol–water partition coefficient (Wildman–Crippen LogP) is 11.1. The van der Waals surface area contributed by atoms with E-state index < -0.39 is 0 Å². The third-order valence-corrected chi connectivity index (χ3v) is 9.97. The maximum atomic E-state index is 9.03. The van der Waals surface area contributed by atoms with Crippen LogP contribution in [-0.4, -0.2) is 20.9 Å². The van der Waals surface area contributed by atoms with Gasteiger partial charge in [-0.1, -0.05) is 146 Å². The van der Waals surface area contributed by atoms with E-state index in [2.05, 4.69) is 130 Å². The molecule has 10 rings (SSSR count). The minimum atomic E-state index is 0.185. The Morgan fingerprint density at radius 1 is 0.471 bits per heavy atom. The van der Waals surface area contributed by atoms with Crippen LogP contribution in [0, 0.1) is 5.41 Å². The van der Waals surface area contributed by atoms with Crippen molar-refractivity contribution in [1.82, 2.24) is 9.24 Å². The number of benzene rings is 7. The molecule has 0 saturated heterocycles. The molecule has 0 saturated carbocycles. The molecule has 0 atom stereocenters. The van der Waals surface area contributed by atoms with Crippen molar-refractivity contribution in [2.24, 2.45) is 4.99 Å². The highest BCUT2D eigenvalue weighted by Crippen LogP contribution is 2.53. The first-order valence-electron chi connectivity index (χ1n) is 17.2. The SMILES string of the molecule is N=C(/N=C(\Nn1c(-c2ccccc2)c2c3c(cccc31)-c1cccc3c1c1c-2cccc1n3-c1ccccc1)c1ccccc1)c1ccccc1. The molecule has 51 heavy (non-hydrogen) atoms. The van der Waals surface area contributed by atoms with Crippen molar-refractivity contribution >= 4 is 44.4 Å². The highest BCUT2D eigenvalue weighted by atomic mass is 15.4. The molecule has 7 aromatic carbocycles. The lowest BCUT2D eigenvalue weighted by molar-refractivity contribution is 1.04. The van der Waals surface area contributed by atoms with Crippen LogP contribution in [0.3, 0.4) is 0 Å². The summed E-state index contributed by atoms with van der Waals surface area (Å²) in [5.41, 5.74) is 16.8. The molecule has 1 aliphatic rings. The first kappa shape index (κ1) is 29.0. The molecule has 2 heterocycles. The van der Waals surface area contributed by atoms with Gasteiger partial charge in [0.25, 0.3) is 0 Å². The van der Waals surface area contributed by atoms with Crippen molar-refractivity contribution in [3.63, 3.8) is 0 Å². The summed E-state index contributed by atoms with van der Waals surface area (Å²) >= 11 is 0. The molecular weight excluding hydrogens is 623 g/mol. The minimum Gasteiger partial charge on any atom is -0.309 e. The largest absolute Gasteiger partial charge is 0.309 e. The summed E-state index contributed by atoms with van der Waals surface area (Å²) in [6, 6.07) is 61.0. The van der Waals surface area contributed by atoms with Gasteiger partial charge in [0, 0.05) is 44.1 Å². The second-order valence-electron chi connectivity index (χ2n) is 12.8. The average molecular weight is 654 g/mol. The lowest BCUT2D eigenvalue weighted by atomic mass is 9.95. The van der Waals surface area contributed by atoms with Crippen LogP contribution in [0.5, 0.6) is 0 Å². The maximum Gasteiger partial charge on any atom is 0.154 e. The van der Waals surface area contributed by atoms with Crippen molar-refractivity contribution in [2.45, 2.75) is 0 Å². The van der Waals surface area contributed by atoms with E-state index in [0.717, 1.165) is 33.6 Å². The number of fused-ring (bicyclic) bond motifs is 2. The summed E-state index contributed by atoms with van der Waals surface area (Å²) in [5, 5.41) is 12.7. The number of hydrogen-bond acceptors (Lipinski definition) is 1. The summed E-state index contributed by atoms with van der Waals surface area (Å²) in [5.74, 6) is 0.772. The van der Waals surface area contributed by atoms with Crippen molar-refractivity contribution in [3.05, 3.63) is 187 Å². The Bertz CT molecular complexity index is 2810.